The smallest absolute Gasteiger partial charge is 0.340 e. The van der Waals surface area contributed by atoms with Gasteiger partial charge in [0, 0.05) is 13.1 Å². The molecule has 1 aromatic rings. The fourth-order valence-electron chi connectivity index (χ4n) is 2.59. The maximum atomic E-state index is 13.3. The molecule has 0 aliphatic carbocycles. The Morgan fingerprint density at radius 1 is 1.60 bits per heavy atom. The van der Waals surface area contributed by atoms with E-state index in [1.54, 1.807) is 0 Å². The highest BCUT2D eigenvalue weighted by atomic mass is 19.1. The standard InChI is InChI=1S/C14H20FN3O2/c1-2-18-6-5-9(8-18)7-17-11-4-3-10(15)13(16)12(11)14(19)20/h3-4,9,17H,2,5-8,16H2,1H3,(H,19,20). The van der Waals surface area contributed by atoms with Crippen LogP contribution in [0.1, 0.15) is 23.7 Å². The third-order valence-electron chi connectivity index (χ3n) is 3.80. The molecule has 110 valence electrons. The van der Waals surface area contributed by atoms with E-state index in [9.17, 15) is 9.18 Å². The fourth-order valence-corrected chi connectivity index (χ4v) is 2.59. The number of aromatic carboxylic acids is 1. The second kappa shape index (κ2) is 6.09. The number of nitrogen functional groups attached to an aromatic ring is 1. The molecule has 0 aromatic heterocycles. The molecule has 0 saturated carbocycles. The first kappa shape index (κ1) is 14.6. The number of anilines is 2. The summed E-state index contributed by atoms with van der Waals surface area (Å²) in [4.78, 5) is 13.5. The number of hydrogen-bond donors (Lipinski definition) is 3. The van der Waals surface area contributed by atoms with Crippen molar-refractivity contribution in [2.75, 3.05) is 37.2 Å². The summed E-state index contributed by atoms with van der Waals surface area (Å²) in [6, 6.07) is 2.62. The quantitative estimate of drug-likeness (QED) is 0.718. The SMILES string of the molecule is CCN1CCC(CNc2ccc(F)c(N)c2C(=O)O)C1. The summed E-state index contributed by atoms with van der Waals surface area (Å²) in [5.74, 6) is -1.44. The van der Waals surface area contributed by atoms with Crippen molar-refractivity contribution < 1.29 is 14.3 Å². The first-order chi connectivity index (χ1) is 9.52. The van der Waals surface area contributed by atoms with Crippen LogP contribution in [0.15, 0.2) is 12.1 Å². The molecule has 0 radical (unpaired) electrons. The first-order valence-corrected chi connectivity index (χ1v) is 6.80. The Kier molecular flexibility index (Phi) is 4.44. The molecule has 1 heterocycles. The minimum atomic E-state index is -1.22. The van der Waals surface area contributed by atoms with E-state index >= 15 is 0 Å². The van der Waals surface area contributed by atoms with Gasteiger partial charge in [-0.3, -0.25) is 0 Å². The number of halogens is 1. The molecule has 0 bridgehead atoms. The Labute approximate surface area is 117 Å². The predicted octanol–water partition coefficient (Wildman–Crippen LogP) is 1.86. The second-order valence-corrected chi connectivity index (χ2v) is 5.12. The van der Waals surface area contributed by atoms with Gasteiger partial charge in [0.2, 0.25) is 0 Å². The summed E-state index contributed by atoms with van der Waals surface area (Å²) in [5.41, 5.74) is 5.39. The summed E-state index contributed by atoms with van der Waals surface area (Å²) >= 11 is 0. The van der Waals surface area contributed by atoms with E-state index in [4.69, 9.17) is 10.8 Å². The van der Waals surface area contributed by atoms with Crippen molar-refractivity contribution in [3.8, 4) is 0 Å². The van der Waals surface area contributed by atoms with E-state index in [2.05, 4.69) is 17.1 Å². The van der Waals surface area contributed by atoms with Crippen molar-refractivity contribution in [3.63, 3.8) is 0 Å². The van der Waals surface area contributed by atoms with Gasteiger partial charge in [0.1, 0.15) is 11.4 Å². The molecular formula is C14H20FN3O2. The molecule has 2 rings (SSSR count). The molecule has 4 N–H and O–H groups in total. The fraction of sp³-hybridized carbons (Fsp3) is 0.500. The van der Waals surface area contributed by atoms with Gasteiger partial charge in [-0.25, -0.2) is 9.18 Å². The Hall–Kier alpha value is -1.82. The lowest BCUT2D eigenvalue weighted by Gasteiger charge is -2.16. The number of carbonyl (C=O) groups is 1. The number of carboxylic acids is 1. The van der Waals surface area contributed by atoms with E-state index < -0.39 is 11.8 Å². The molecule has 1 unspecified atom stereocenters. The monoisotopic (exact) mass is 281 g/mol. The van der Waals surface area contributed by atoms with Crippen LogP contribution in [-0.2, 0) is 0 Å². The third kappa shape index (κ3) is 3.01. The normalized spacial score (nSPS) is 19.2. The lowest BCUT2D eigenvalue weighted by atomic mass is 10.1. The van der Waals surface area contributed by atoms with E-state index in [1.807, 2.05) is 0 Å². The number of nitrogens with two attached hydrogens (primary N) is 1. The summed E-state index contributed by atoms with van der Waals surface area (Å²) in [5, 5.41) is 12.2. The molecule has 1 saturated heterocycles. The van der Waals surface area contributed by atoms with Gasteiger partial charge in [0.15, 0.2) is 0 Å². The summed E-state index contributed by atoms with van der Waals surface area (Å²) in [6.45, 7) is 5.89. The zero-order valence-electron chi connectivity index (χ0n) is 11.5. The maximum Gasteiger partial charge on any atom is 0.340 e. The van der Waals surface area contributed by atoms with Crippen LogP contribution in [0.4, 0.5) is 15.8 Å². The number of benzene rings is 1. The van der Waals surface area contributed by atoms with Gasteiger partial charge in [-0.15, -0.1) is 0 Å². The van der Waals surface area contributed by atoms with E-state index in [0.29, 0.717) is 18.2 Å². The van der Waals surface area contributed by atoms with Crippen molar-refractivity contribution in [2.24, 2.45) is 5.92 Å². The van der Waals surface area contributed by atoms with Gasteiger partial charge in [0.05, 0.1) is 11.4 Å². The molecule has 20 heavy (non-hydrogen) atoms. The van der Waals surface area contributed by atoms with Crippen LogP contribution in [0.25, 0.3) is 0 Å². The highest BCUT2D eigenvalue weighted by Gasteiger charge is 2.22. The van der Waals surface area contributed by atoms with E-state index in [0.717, 1.165) is 26.1 Å². The Morgan fingerprint density at radius 2 is 2.35 bits per heavy atom. The van der Waals surface area contributed by atoms with Gasteiger partial charge < -0.3 is 21.1 Å². The molecule has 1 atom stereocenters. The highest BCUT2D eigenvalue weighted by Crippen LogP contribution is 2.26. The largest absolute Gasteiger partial charge is 0.478 e. The van der Waals surface area contributed by atoms with Crippen molar-refractivity contribution >= 4 is 17.3 Å². The predicted molar refractivity (Wildman–Crippen MR) is 76.5 cm³/mol. The van der Waals surface area contributed by atoms with E-state index in [-0.39, 0.29) is 11.3 Å². The van der Waals surface area contributed by atoms with Gasteiger partial charge in [0.25, 0.3) is 0 Å². The van der Waals surface area contributed by atoms with Crippen LogP contribution in [-0.4, -0.2) is 42.2 Å². The van der Waals surface area contributed by atoms with Crippen molar-refractivity contribution in [1.82, 2.24) is 4.90 Å². The van der Waals surface area contributed by atoms with Gasteiger partial charge in [-0.05, 0) is 37.6 Å². The number of carboxylic acid groups (broad SMARTS) is 1. The second-order valence-electron chi connectivity index (χ2n) is 5.12. The van der Waals surface area contributed by atoms with Crippen LogP contribution in [0.5, 0.6) is 0 Å². The molecule has 1 aromatic carbocycles. The molecule has 5 nitrogen and oxygen atoms in total. The lowest BCUT2D eigenvalue weighted by molar-refractivity contribution is 0.0698. The summed E-state index contributed by atoms with van der Waals surface area (Å²) < 4.78 is 13.3. The zero-order valence-corrected chi connectivity index (χ0v) is 11.5. The van der Waals surface area contributed by atoms with Gasteiger partial charge in [-0.1, -0.05) is 6.92 Å². The van der Waals surface area contributed by atoms with Crippen LogP contribution in [0.2, 0.25) is 0 Å². The highest BCUT2D eigenvalue weighted by molar-refractivity contribution is 6.00. The number of nitrogens with zero attached hydrogens (tertiary/aromatic N) is 1. The zero-order chi connectivity index (χ0) is 14.7. The molecule has 1 fully saturated rings. The molecule has 0 amide bonds. The summed E-state index contributed by atoms with van der Waals surface area (Å²) in [6.07, 6.45) is 1.08. The minimum Gasteiger partial charge on any atom is -0.478 e. The third-order valence-corrected chi connectivity index (χ3v) is 3.80. The van der Waals surface area contributed by atoms with Crippen molar-refractivity contribution in [2.45, 2.75) is 13.3 Å². The minimum absolute atomic E-state index is 0.185. The number of likely N-dealkylation sites (tertiary alicyclic amines) is 1. The van der Waals surface area contributed by atoms with Crippen molar-refractivity contribution in [1.29, 1.82) is 0 Å². The Balaban J connectivity index is 2.06. The molecule has 1 aliphatic rings. The maximum absolute atomic E-state index is 13.3. The number of rotatable bonds is 5. The summed E-state index contributed by atoms with van der Waals surface area (Å²) in [7, 11) is 0. The van der Waals surface area contributed by atoms with Crippen LogP contribution in [0, 0.1) is 11.7 Å². The molecule has 1 aliphatic heterocycles. The molecular weight excluding hydrogens is 261 g/mol. The average Bonchev–Trinajstić information content (AvgIpc) is 2.87. The van der Waals surface area contributed by atoms with E-state index in [1.165, 1.54) is 12.1 Å². The van der Waals surface area contributed by atoms with Crippen LogP contribution in [0.3, 0.4) is 0 Å². The molecule has 0 spiro atoms. The van der Waals surface area contributed by atoms with Gasteiger partial charge in [-0.2, -0.15) is 0 Å². The topological polar surface area (TPSA) is 78.6 Å². The van der Waals surface area contributed by atoms with Gasteiger partial charge >= 0.3 is 5.97 Å². The first-order valence-electron chi connectivity index (χ1n) is 6.80. The number of hydrogen-bond acceptors (Lipinski definition) is 4. The lowest BCUT2D eigenvalue weighted by Crippen LogP contribution is -2.23. The Morgan fingerprint density at radius 3 is 2.95 bits per heavy atom. The number of nitrogens with one attached hydrogen (secondary N) is 1. The van der Waals surface area contributed by atoms with Crippen molar-refractivity contribution in [3.05, 3.63) is 23.5 Å². The average molecular weight is 281 g/mol. The Bertz CT molecular complexity index is 507. The van der Waals surface area contributed by atoms with Crippen LogP contribution < -0.4 is 11.1 Å². The molecule has 6 heteroatoms. The van der Waals surface area contributed by atoms with Crippen LogP contribution >= 0.6 is 0 Å².